The number of amides is 1. The number of rotatable bonds is 8. The molecule has 1 heterocycles. The van der Waals surface area contributed by atoms with E-state index < -0.39 is 15.9 Å². The smallest absolute Gasteiger partial charge is 0.264 e. The van der Waals surface area contributed by atoms with Crippen LogP contribution in [0.4, 0.5) is 5.69 Å². The lowest BCUT2D eigenvalue weighted by Gasteiger charge is -2.26. The fourth-order valence-corrected chi connectivity index (χ4v) is 4.68. The summed E-state index contributed by atoms with van der Waals surface area (Å²) in [6, 6.07) is 15.4. The van der Waals surface area contributed by atoms with Crippen LogP contribution in [0.1, 0.15) is 11.1 Å². The maximum absolute atomic E-state index is 13.4. The van der Waals surface area contributed by atoms with Gasteiger partial charge in [-0.2, -0.15) is 0 Å². The molecule has 3 rings (SSSR count). The molecule has 1 N–H and O–H groups in total. The largest absolute Gasteiger partial charge is 0.353 e. The van der Waals surface area contributed by atoms with Crippen LogP contribution in [0.15, 0.2) is 71.9 Å². The summed E-state index contributed by atoms with van der Waals surface area (Å²) in [6.07, 6.45) is 3.80. The van der Waals surface area contributed by atoms with Gasteiger partial charge in [0, 0.05) is 30.5 Å². The van der Waals surface area contributed by atoms with Gasteiger partial charge in [0.15, 0.2) is 0 Å². The minimum atomic E-state index is -3.96. The summed E-state index contributed by atoms with van der Waals surface area (Å²) in [7, 11) is -3.96. The van der Waals surface area contributed by atoms with E-state index in [4.69, 9.17) is 11.6 Å². The second-order valence-corrected chi connectivity index (χ2v) is 9.25. The second kappa shape index (κ2) is 9.36. The van der Waals surface area contributed by atoms with Gasteiger partial charge in [0.1, 0.15) is 6.54 Å². The Morgan fingerprint density at radius 2 is 1.70 bits per heavy atom. The van der Waals surface area contributed by atoms with E-state index in [-0.39, 0.29) is 11.4 Å². The molecule has 1 amide bonds. The molecule has 6 nitrogen and oxygen atoms in total. The van der Waals surface area contributed by atoms with Crippen molar-refractivity contribution in [2.24, 2.45) is 0 Å². The van der Waals surface area contributed by atoms with Crippen molar-refractivity contribution in [2.45, 2.75) is 25.3 Å². The molecule has 30 heavy (non-hydrogen) atoms. The normalized spacial score (nSPS) is 11.3. The zero-order chi connectivity index (χ0) is 21.7. The third-order valence-corrected chi connectivity index (χ3v) is 6.95. The summed E-state index contributed by atoms with van der Waals surface area (Å²) in [5.41, 5.74) is 1.92. The van der Waals surface area contributed by atoms with Crippen molar-refractivity contribution in [2.75, 3.05) is 17.4 Å². The average molecular weight is 446 g/mol. The molecule has 1 aromatic heterocycles. The van der Waals surface area contributed by atoms with Gasteiger partial charge in [-0.05, 0) is 55.8 Å². The van der Waals surface area contributed by atoms with Crippen molar-refractivity contribution in [3.63, 3.8) is 0 Å². The Balaban J connectivity index is 1.86. The van der Waals surface area contributed by atoms with Crippen LogP contribution in [0.3, 0.4) is 0 Å². The van der Waals surface area contributed by atoms with Crippen LogP contribution in [-0.4, -0.2) is 32.0 Å². The van der Waals surface area contributed by atoms with E-state index in [1.807, 2.05) is 36.0 Å². The van der Waals surface area contributed by atoms with E-state index >= 15 is 0 Å². The molecular formula is C22H24ClN3O3S. The molecule has 0 atom stereocenters. The third kappa shape index (κ3) is 5.04. The van der Waals surface area contributed by atoms with E-state index in [0.29, 0.717) is 29.4 Å². The Kier molecular flexibility index (Phi) is 6.84. The monoisotopic (exact) mass is 445 g/mol. The molecule has 0 saturated heterocycles. The van der Waals surface area contributed by atoms with Gasteiger partial charge in [-0.3, -0.25) is 9.10 Å². The molecule has 0 aliphatic heterocycles. The lowest BCUT2D eigenvalue weighted by molar-refractivity contribution is -0.119. The number of halogens is 1. The molecule has 0 spiro atoms. The molecule has 0 unspecified atom stereocenters. The lowest BCUT2D eigenvalue weighted by atomic mass is 10.2. The van der Waals surface area contributed by atoms with Crippen LogP contribution >= 0.6 is 11.6 Å². The van der Waals surface area contributed by atoms with Crippen molar-refractivity contribution >= 4 is 33.2 Å². The van der Waals surface area contributed by atoms with E-state index in [9.17, 15) is 13.2 Å². The summed E-state index contributed by atoms with van der Waals surface area (Å²) in [4.78, 5) is 12.7. The van der Waals surface area contributed by atoms with Gasteiger partial charge in [-0.15, -0.1) is 0 Å². The highest BCUT2D eigenvalue weighted by Gasteiger charge is 2.28. The number of hydrogen-bond donors (Lipinski definition) is 1. The Labute approximate surface area is 182 Å². The molecule has 0 radical (unpaired) electrons. The summed E-state index contributed by atoms with van der Waals surface area (Å²) in [5.74, 6) is -0.391. The number of nitrogens with zero attached hydrogens (tertiary/aromatic N) is 2. The van der Waals surface area contributed by atoms with Crippen molar-refractivity contribution in [1.82, 2.24) is 9.88 Å². The quantitative estimate of drug-likeness (QED) is 0.573. The van der Waals surface area contributed by atoms with Crippen molar-refractivity contribution in [3.8, 4) is 0 Å². The van der Waals surface area contributed by atoms with Crippen LogP contribution in [0.25, 0.3) is 0 Å². The SMILES string of the molecule is Cc1ccc(S(=O)(=O)N(CC(=O)NCCn2cccc2)c2cccc(Cl)c2C)cc1. The second-order valence-electron chi connectivity index (χ2n) is 6.98. The number of aryl methyl sites for hydroxylation is 1. The minimum absolute atomic E-state index is 0.118. The first-order valence-corrected chi connectivity index (χ1v) is 11.3. The zero-order valence-electron chi connectivity index (χ0n) is 16.9. The number of hydrogen-bond acceptors (Lipinski definition) is 3. The fourth-order valence-electron chi connectivity index (χ4n) is 3.03. The highest BCUT2D eigenvalue weighted by molar-refractivity contribution is 7.92. The van der Waals surface area contributed by atoms with Gasteiger partial charge < -0.3 is 9.88 Å². The summed E-state index contributed by atoms with van der Waals surface area (Å²) >= 11 is 6.23. The maximum atomic E-state index is 13.4. The van der Waals surface area contributed by atoms with E-state index in [0.717, 1.165) is 9.87 Å². The standard InChI is InChI=1S/C22H24ClN3O3S/c1-17-8-10-19(11-9-17)30(28,29)26(21-7-5-6-20(23)18(21)2)16-22(27)24-12-15-25-13-3-4-14-25/h3-11,13-14H,12,15-16H2,1-2H3,(H,24,27). The van der Waals surface area contributed by atoms with Gasteiger partial charge in [0.05, 0.1) is 10.6 Å². The molecule has 0 aliphatic carbocycles. The highest BCUT2D eigenvalue weighted by atomic mass is 35.5. The van der Waals surface area contributed by atoms with E-state index in [2.05, 4.69) is 5.32 Å². The van der Waals surface area contributed by atoms with E-state index in [1.165, 1.54) is 0 Å². The molecule has 0 fully saturated rings. The number of carbonyl (C=O) groups is 1. The number of sulfonamides is 1. The maximum Gasteiger partial charge on any atom is 0.264 e. The Morgan fingerprint density at radius 3 is 2.37 bits per heavy atom. The summed E-state index contributed by atoms with van der Waals surface area (Å²) in [5, 5.41) is 3.22. The first-order valence-electron chi connectivity index (χ1n) is 9.51. The van der Waals surface area contributed by atoms with Crippen LogP contribution in [0.2, 0.25) is 5.02 Å². The molecule has 0 aliphatic rings. The first kappa shape index (κ1) is 21.9. The number of carbonyl (C=O) groups excluding carboxylic acids is 1. The fraction of sp³-hybridized carbons (Fsp3) is 0.227. The van der Waals surface area contributed by atoms with Crippen LogP contribution < -0.4 is 9.62 Å². The molecule has 158 valence electrons. The van der Waals surface area contributed by atoms with Crippen molar-refractivity contribution in [3.05, 3.63) is 83.1 Å². The molecule has 8 heteroatoms. The summed E-state index contributed by atoms with van der Waals surface area (Å²) < 4.78 is 29.9. The Hall–Kier alpha value is -2.77. The summed E-state index contributed by atoms with van der Waals surface area (Å²) in [6.45, 7) is 4.26. The van der Waals surface area contributed by atoms with Crippen LogP contribution in [0, 0.1) is 13.8 Å². The number of aromatic nitrogens is 1. The molecular weight excluding hydrogens is 422 g/mol. The molecule has 2 aromatic carbocycles. The predicted molar refractivity (Wildman–Crippen MR) is 119 cm³/mol. The van der Waals surface area contributed by atoms with Crippen LogP contribution in [-0.2, 0) is 21.4 Å². The van der Waals surface area contributed by atoms with Gasteiger partial charge in [0.25, 0.3) is 10.0 Å². The average Bonchev–Trinajstić information content (AvgIpc) is 3.22. The van der Waals surface area contributed by atoms with Crippen molar-refractivity contribution < 1.29 is 13.2 Å². The van der Waals surface area contributed by atoms with Gasteiger partial charge in [-0.25, -0.2) is 8.42 Å². The number of nitrogens with one attached hydrogen (secondary N) is 1. The highest BCUT2D eigenvalue weighted by Crippen LogP contribution is 2.30. The van der Waals surface area contributed by atoms with Gasteiger partial charge in [-0.1, -0.05) is 35.4 Å². The topological polar surface area (TPSA) is 71.4 Å². The minimum Gasteiger partial charge on any atom is -0.353 e. The predicted octanol–water partition coefficient (Wildman–Crippen LogP) is 3.77. The Bertz CT molecular complexity index is 1110. The Morgan fingerprint density at radius 1 is 1.03 bits per heavy atom. The molecule has 0 bridgehead atoms. The molecule has 0 saturated carbocycles. The molecule has 3 aromatic rings. The van der Waals surface area contributed by atoms with Crippen LogP contribution in [0.5, 0.6) is 0 Å². The first-order chi connectivity index (χ1) is 14.3. The lowest BCUT2D eigenvalue weighted by Crippen LogP contribution is -2.42. The van der Waals surface area contributed by atoms with Crippen molar-refractivity contribution in [1.29, 1.82) is 0 Å². The van der Waals surface area contributed by atoms with Gasteiger partial charge in [0.2, 0.25) is 5.91 Å². The van der Waals surface area contributed by atoms with Gasteiger partial charge >= 0.3 is 0 Å². The third-order valence-electron chi connectivity index (χ3n) is 4.76. The number of benzene rings is 2. The van der Waals surface area contributed by atoms with E-state index in [1.54, 1.807) is 49.4 Å². The zero-order valence-corrected chi connectivity index (χ0v) is 18.4. The number of anilines is 1.